The van der Waals surface area contributed by atoms with Crippen molar-refractivity contribution in [1.29, 1.82) is 0 Å². The Morgan fingerprint density at radius 3 is 1.82 bits per heavy atom. The third-order valence-corrected chi connectivity index (χ3v) is 6.08. The molecule has 0 radical (unpaired) electrons. The summed E-state index contributed by atoms with van der Waals surface area (Å²) < 4.78 is 0. The molecule has 0 amide bonds. The molecule has 0 nitrogen and oxygen atoms in total. The first-order chi connectivity index (χ1) is 10.7. The zero-order valence-corrected chi connectivity index (χ0v) is 13.8. The molecule has 2 atom stereocenters. The molecule has 2 saturated carbocycles. The Hall–Kier alpha value is -1.56. The Kier molecular flexibility index (Phi) is 3.56. The van der Waals surface area contributed by atoms with E-state index in [0.717, 1.165) is 23.7 Å². The van der Waals surface area contributed by atoms with Crippen LogP contribution in [0.2, 0.25) is 0 Å². The molecular formula is C22H26. The van der Waals surface area contributed by atoms with Crippen molar-refractivity contribution in [1.82, 2.24) is 0 Å². The van der Waals surface area contributed by atoms with Crippen molar-refractivity contribution in [2.24, 2.45) is 11.8 Å². The van der Waals surface area contributed by atoms with E-state index in [1.807, 2.05) is 0 Å². The Bertz CT molecular complexity index is 638. The van der Waals surface area contributed by atoms with Gasteiger partial charge in [-0.3, -0.25) is 0 Å². The maximum Gasteiger partial charge on any atom is -0.0156 e. The largest absolute Gasteiger partial charge is 0.0617 e. The lowest BCUT2D eigenvalue weighted by Gasteiger charge is -2.16. The number of aryl methyl sites for hydroxylation is 2. The van der Waals surface area contributed by atoms with Crippen LogP contribution in [0.15, 0.2) is 48.5 Å². The maximum atomic E-state index is 2.41. The van der Waals surface area contributed by atoms with E-state index in [4.69, 9.17) is 0 Å². The average Bonchev–Trinajstić information content (AvgIpc) is 3.06. The second-order valence-electron chi connectivity index (χ2n) is 7.68. The fourth-order valence-corrected chi connectivity index (χ4v) is 4.92. The smallest absolute Gasteiger partial charge is 0.0156 e. The predicted molar refractivity (Wildman–Crippen MR) is 93.3 cm³/mol. The van der Waals surface area contributed by atoms with Gasteiger partial charge < -0.3 is 0 Å². The standard InChI is InChI=1S/C22H26/c1-15-6-8-17(9-7-15)19-11-21-13-20(14-22(21)12-19)18-5-3-4-16(2)10-18/h3-10,19-22H,11-14H2,1-2H3. The molecule has 2 aromatic carbocycles. The molecule has 0 bridgehead atoms. The Morgan fingerprint density at radius 2 is 1.23 bits per heavy atom. The molecular weight excluding hydrogens is 264 g/mol. The first kappa shape index (κ1) is 14.1. The van der Waals surface area contributed by atoms with Crippen molar-refractivity contribution in [3.63, 3.8) is 0 Å². The molecule has 4 rings (SSSR count). The predicted octanol–water partition coefficient (Wildman–Crippen LogP) is 5.99. The van der Waals surface area contributed by atoms with Gasteiger partial charge >= 0.3 is 0 Å². The number of benzene rings is 2. The van der Waals surface area contributed by atoms with Crippen LogP contribution in [0.5, 0.6) is 0 Å². The van der Waals surface area contributed by atoms with Crippen LogP contribution in [0.3, 0.4) is 0 Å². The highest BCUT2D eigenvalue weighted by atomic mass is 14.5. The van der Waals surface area contributed by atoms with E-state index in [1.165, 1.54) is 36.8 Å². The quantitative estimate of drug-likeness (QED) is 0.637. The van der Waals surface area contributed by atoms with Crippen molar-refractivity contribution < 1.29 is 0 Å². The molecule has 0 aliphatic heterocycles. The molecule has 2 fully saturated rings. The lowest BCUT2D eigenvalue weighted by atomic mass is 9.89. The summed E-state index contributed by atoms with van der Waals surface area (Å²) in [4.78, 5) is 0. The number of hydrogen-bond acceptors (Lipinski definition) is 0. The van der Waals surface area contributed by atoms with E-state index >= 15 is 0 Å². The van der Waals surface area contributed by atoms with E-state index in [9.17, 15) is 0 Å². The van der Waals surface area contributed by atoms with Crippen molar-refractivity contribution in [3.05, 3.63) is 70.8 Å². The first-order valence-corrected chi connectivity index (χ1v) is 8.82. The highest BCUT2D eigenvalue weighted by Crippen LogP contribution is 2.55. The minimum atomic E-state index is 0.814. The molecule has 0 saturated heterocycles. The first-order valence-electron chi connectivity index (χ1n) is 8.82. The molecule has 2 aromatic rings. The number of rotatable bonds is 2. The van der Waals surface area contributed by atoms with E-state index in [0.29, 0.717) is 0 Å². The molecule has 0 aromatic heterocycles. The van der Waals surface area contributed by atoms with Gasteiger partial charge in [0.25, 0.3) is 0 Å². The van der Waals surface area contributed by atoms with Gasteiger partial charge in [-0.1, -0.05) is 59.7 Å². The van der Waals surface area contributed by atoms with Crippen molar-refractivity contribution in [2.45, 2.75) is 51.4 Å². The van der Waals surface area contributed by atoms with Crippen LogP contribution in [-0.4, -0.2) is 0 Å². The molecule has 22 heavy (non-hydrogen) atoms. The molecule has 0 heteroatoms. The zero-order valence-electron chi connectivity index (χ0n) is 13.8. The van der Waals surface area contributed by atoms with E-state index in [1.54, 1.807) is 11.1 Å². The van der Waals surface area contributed by atoms with Crippen LogP contribution in [0, 0.1) is 25.7 Å². The van der Waals surface area contributed by atoms with Gasteiger partial charge in [-0.25, -0.2) is 0 Å². The molecule has 0 N–H and O–H groups in total. The average molecular weight is 290 g/mol. The summed E-state index contributed by atoms with van der Waals surface area (Å²) in [5, 5.41) is 0. The molecule has 2 aliphatic carbocycles. The monoisotopic (exact) mass is 290 g/mol. The van der Waals surface area contributed by atoms with Crippen molar-refractivity contribution in [2.75, 3.05) is 0 Å². The van der Waals surface area contributed by atoms with Gasteiger partial charge in [-0.15, -0.1) is 0 Å². The van der Waals surface area contributed by atoms with Gasteiger partial charge in [0.15, 0.2) is 0 Å². The normalized spacial score (nSPS) is 30.5. The summed E-state index contributed by atoms with van der Waals surface area (Å²) in [5.74, 6) is 3.54. The highest BCUT2D eigenvalue weighted by molar-refractivity contribution is 5.29. The van der Waals surface area contributed by atoms with Gasteiger partial charge in [0.05, 0.1) is 0 Å². The summed E-state index contributed by atoms with van der Waals surface area (Å²) in [7, 11) is 0. The molecule has 0 spiro atoms. The van der Waals surface area contributed by atoms with Crippen LogP contribution in [0.25, 0.3) is 0 Å². The second-order valence-corrected chi connectivity index (χ2v) is 7.68. The van der Waals surface area contributed by atoms with Gasteiger partial charge in [0.1, 0.15) is 0 Å². The fraction of sp³-hybridized carbons (Fsp3) is 0.455. The van der Waals surface area contributed by atoms with Crippen molar-refractivity contribution in [3.8, 4) is 0 Å². The lowest BCUT2D eigenvalue weighted by molar-refractivity contribution is 0.457. The summed E-state index contributed by atoms with van der Waals surface area (Å²) in [6, 6.07) is 18.5. The summed E-state index contributed by atoms with van der Waals surface area (Å²) >= 11 is 0. The van der Waals surface area contributed by atoms with Crippen LogP contribution in [0.4, 0.5) is 0 Å². The molecule has 114 valence electrons. The summed E-state index contributed by atoms with van der Waals surface area (Å²) in [5.41, 5.74) is 5.95. The second kappa shape index (κ2) is 5.57. The van der Waals surface area contributed by atoms with Crippen LogP contribution in [0.1, 0.15) is 59.8 Å². The topological polar surface area (TPSA) is 0 Å². The van der Waals surface area contributed by atoms with Gasteiger partial charge in [-0.2, -0.15) is 0 Å². The Morgan fingerprint density at radius 1 is 0.636 bits per heavy atom. The lowest BCUT2D eigenvalue weighted by Crippen LogP contribution is -2.00. The highest BCUT2D eigenvalue weighted by Gasteiger charge is 2.42. The van der Waals surface area contributed by atoms with E-state index in [-0.39, 0.29) is 0 Å². The third kappa shape index (κ3) is 2.60. The van der Waals surface area contributed by atoms with Crippen LogP contribution in [-0.2, 0) is 0 Å². The SMILES string of the molecule is Cc1ccc(C2CC3CC(c4cccc(C)c4)CC3C2)cc1. The van der Waals surface area contributed by atoms with Gasteiger partial charge in [0.2, 0.25) is 0 Å². The minimum Gasteiger partial charge on any atom is -0.0617 e. The maximum absolute atomic E-state index is 2.41. The van der Waals surface area contributed by atoms with E-state index in [2.05, 4.69) is 62.4 Å². The Labute approximate surface area is 134 Å². The number of hydrogen-bond donors (Lipinski definition) is 0. The Balaban J connectivity index is 1.45. The third-order valence-electron chi connectivity index (χ3n) is 6.08. The van der Waals surface area contributed by atoms with Crippen LogP contribution < -0.4 is 0 Å². The molecule has 2 aliphatic rings. The van der Waals surface area contributed by atoms with Crippen LogP contribution >= 0.6 is 0 Å². The summed E-state index contributed by atoms with van der Waals surface area (Å²) in [6.45, 7) is 4.40. The summed E-state index contributed by atoms with van der Waals surface area (Å²) in [6.07, 6.45) is 5.65. The molecule has 2 unspecified atom stereocenters. The molecule has 0 heterocycles. The van der Waals surface area contributed by atoms with Gasteiger partial charge in [-0.05, 0) is 74.3 Å². The van der Waals surface area contributed by atoms with Gasteiger partial charge in [0, 0.05) is 0 Å². The number of fused-ring (bicyclic) bond motifs is 1. The fourth-order valence-electron chi connectivity index (χ4n) is 4.92. The van der Waals surface area contributed by atoms with E-state index < -0.39 is 0 Å². The zero-order chi connectivity index (χ0) is 15.1. The van der Waals surface area contributed by atoms with Crippen molar-refractivity contribution >= 4 is 0 Å². The minimum absolute atomic E-state index is 0.814.